The molecule has 0 aliphatic rings. The lowest BCUT2D eigenvalue weighted by Crippen LogP contribution is -2.29. The molecule has 22 heavy (non-hydrogen) atoms. The van der Waals surface area contributed by atoms with Gasteiger partial charge >= 0.3 is 5.97 Å². The van der Waals surface area contributed by atoms with Crippen LogP contribution >= 0.6 is 0 Å². The van der Waals surface area contributed by atoms with Gasteiger partial charge in [-0.1, -0.05) is 44.2 Å². The maximum atomic E-state index is 10.9. The highest BCUT2D eigenvalue weighted by atomic mass is 16.4. The zero-order valence-electron chi connectivity index (χ0n) is 13.2. The van der Waals surface area contributed by atoms with Crippen molar-refractivity contribution in [3.05, 3.63) is 53.9 Å². The second-order valence-corrected chi connectivity index (χ2v) is 6.28. The van der Waals surface area contributed by atoms with Crippen LogP contribution in [0, 0.1) is 5.92 Å². The molecule has 1 aromatic heterocycles. The molecule has 1 heterocycles. The molecule has 0 radical (unpaired) electrons. The van der Waals surface area contributed by atoms with Crippen molar-refractivity contribution in [3.63, 3.8) is 0 Å². The predicted molar refractivity (Wildman–Crippen MR) is 86.8 cm³/mol. The van der Waals surface area contributed by atoms with Crippen LogP contribution in [-0.2, 0) is 10.2 Å². The summed E-state index contributed by atoms with van der Waals surface area (Å²) >= 11 is 0. The fourth-order valence-corrected chi connectivity index (χ4v) is 3.30. The van der Waals surface area contributed by atoms with Gasteiger partial charge in [0.05, 0.1) is 6.20 Å². The van der Waals surface area contributed by atoms with Gasteiger partial charge in [0, 0.05) is 23.6 Å². The molecule has 2 rings (SSSR count). The van der Waals surface area contributed by atoms with Crippen molar-refractivity contribution < 1.29 is 9.90 Å². The highest BCUT2D eigenvalue weighted by molar-refractivity contribution is 5.66. The van der Waals surface area contributed by atoms with E-state index >= 15 is 0 Å². The average molecular weight is 300 g/mol. The lowest BCUT2D eigenvalue weighted by Gasteiger charge is -2.35. The molecule has 4 heteroatoms. The molecule has 1 atom stereocenters. The molecular weight excluding hydrogens is 276 g/mol. The van der Waals surface area contributed by atoms with Gasteiger partial charge in [0.1, 0.15) is 0 Å². The number of aliphatic carboxylic acids is 1. The van der Waals surface area contributed by atoms with E-state index in [-0.39, 0.29) is 11.8 Å². The summed E-state index contributed by atoms with van der Waals surface area (Å²) in [7, 11) is 0. The molecule has 0 saturated heterocycles. The minimum atomic E-state index is -0.737. The first-order chi connectivity index (χ1) is 10.5. The van der Waals surface area contributed by atoms with Gasteiger partial charge in [0.2, 0.25) is 0 Å². The average Bonchev–Trinajstić information content (AvgIpc) is 3.01. The normalized spacial score (nSPS) is 14.0. The Bertz CT molecular complexity index is 578. The van der Waals surface area contributed by atoms with Crippen LogP contribution in [0.3, 0.4) is 0 Å². The number of aromatic nitrogens is 2. The number of benzene rings is 1. The third-order valence-corrected chi connectivity index (χ3v) is 4.13. The number of carboxylic acid groups (broad SMARTS) is 1. The molecule has 0 fully saturated rings. The summed E-state index contributed by atoms with van der Waals surface area (Å²) in [4.78, 5) is 10.9. The molecule has 2 aromatic rings. The van der Waals surface area contributed by atoms with Crippen LogP contribution in [0.25, 0.3) is 0 Å². The number of hydrogen-bond donors (Lipinski definition) is 2. The Hall–Kier alpha value is -2.10. The van der Waals surface area contributed by atoms with Crippen LogP contribution in [0.15, 0.2) is 42.7 Å². The van der Waals surface area contributed by atoms with Crippen molar-refractivity contribution in [2.24, 2.45) is 5.92 Å². The van der Waals surface area contributed by atoms with E-state index in [4.69, 9.17) is 5.11 Å². The van der Waals surface area contributed by atoms with E-state index < -0.39 is 5.97 Å². The molecule has 2 N–H and O–H groups in total. The molecule has 0 bridgehead atoms. The number of aromatic amines is 1. The molecule has 0 saturated carbocycles. The molecule has 118 valence electrons. The summed E-state index contributed by atoms with van der Waals surface area (Å²) < 4.78 is 0. The largest absolute Gasteiger partial charge is 0.481 e. The third kappa shape index (κ3) is 3.75. The van der Waals surface area contributed by atoms with Crippen molar-refractivity contribution in [3.8, 4) is 0 Å². The standard InChI is InChI=1S/C18H24N2O2/c1-14(2)11-18(10-6-9-17(21)22,16-12-19-20-13-16)15-7-4-3-5-8-15/h3-5,7-8,12-14H,6,9-11H2,1-2H3,(H,19,20)(H,21,22). The number of rotatable bonds is 8. The molecule has 1 unspecified atom stereocenters. The Kier molecular flexibility index (Phi) is 5.36. The Morgan fingerprint density at radius 3 is 2.55 bits per heavy atom. The summed E-state index contributed by atoms with van der Waals surface area (Å²) in [5, 5.41) is 16.0. The predicted octanol–water partition coefficient (Wildman–Crippen LogP) is 4.00. The van der Waals surface area contributed by atoms with E-state index in [0.29, 0.717) is 12.3 Å². The summed E-state index contributed by atoms with van der Waals surface area (Å²) in [6, 6.07) is 10.4. The van der Waals surface area contributed by atoms with Gasteiger partial charge in [-0.2, -0.15) is 5.10 Å². The van der Waals surface area contributed by atoms with Crippen molar-refractivity contribution >= 4 is 5.97 Å². The highest BCUT2D eigenvalue weighted by Crippen LogP contribution is 2.42. The number of hydrogen-bond acceptors (Lipinski definition) is 2. The quantitative estimate of drug-likeness (QED) is 0.774. The molecule has 0 aliphatic heterocycles. The Balaban J connectivity index is 2.41. The lowest BCUT2D eigenvalue weighted by molar-refractivity contribution is -0.137. The smallest absolute Gasteiger partial charge is 0.303 e. The van der Waals surface area contributed by atoms with Gasteiger partial charge in [0.15, 0.2) is 0 Å². The SMILES string of the molecule is CC(C)CC(CCCC(=O)O)(c1ccccc1)c1cn[nH]c1. The summed E-state index contributed by atoms with van der Waals surface area (Å²) in [5.74, 6) is -0.237. The second kappa shape index (κ2) is 7.25. The third-order valence-electron chi connectivity index (χ3n) is 4.13. The van der Waals surface area contributed by atoms with Crippen molar-refractivity contribution in [1.29, 1.82) is 0 Å². The molecule has 1 aromatic carbocycles. The number of nitrogens with one attached hydrogen (secondary N) is 1. The van der Waals surface area contributed by atoms with Gasteiger partial charge in [-0.05, 0) is 30.7 Å². The maximum Gasteiger partial charge on any atom is 0.303 e. The first-order valence-corrected chi connectivity index (χ1v) is 7.81. The summed E-state index contributed by atoms with van der Waals surface area (Å²) in [6.45, 7) is 4.41. The number of nitrogens with zero attached hydrogens (tertiary/aromatic N) is 1. The zero-order valence-corrected chi connectivity index (χ0v) is 13.2. The van der Waals surface area contributed by atoms with E-state index in [2.05, 4.69) is 36.2 Å². The Morgan fingerprint density at radius 2 is 2.00 bits per heavy atom. The van der Waals surface area contributed by atoms with E-state index in [1.165, 1.54) is 5.56 Å². The first kappa shape index (κ1) is 16.3. The molecule has 0 amide bonds. The number of carboxylic acids is 1. The fourth-order valence-electron chi connectivity index (χ4n) is 3.30. The van der Waals surface area contributed by atoms with Gasteiger partial charge in [-0.3, -0.25) is 9.89 Å². The second-order valence-electron chi connectivity index (χ2n) is 6.28. The fraction of sp³-hybridized carbons (Fsp3) is 0.444. The lowest BCUT2D eigenvalue weighted by atomic mass is 9.67. The first-order valence-electron chi connectivity index (χ1n) is 7.81. The minimum Gasteiger partial charge on any atom is -0.481 e. The van der Waals surface area contributed by atoms with Crippen molar-refractivity contribution in [2.75, 3.05) is 0 Å². The van der Waals surface area contributed by atoms with Gasteiger partial charge < -0.3 is 5.11 Å². The number of H-pyrrole nitrogens is 1. The Morgan fingerprint density at radius 1 is 1.27 bits per heavy atom. The highest BCUT2D eigenvalue weighted by Gasteiger charge is 2.35. The van der Waals surface area contributed by atoms with Crippen LogP contribution in [0.1, 0.15) is 50.7 Å². The maximum absolute atomic E-state index is 10.9. The molecule has 4 nitrogen and oxygen atoms in total. The zero-order chi connectivity index (χ0) is 16.0. The van der Waals surface area contributed by atoms with E-state index in [1.54, 1.807) is 0 Å². The van der Waals surface area contributed by atoms with Crippen LogP contribution in [-0.4, -0.2) is 21.3 Å². The summed E-state index contributed by atoms with van der Waals surface area (Å²) in [5.41, 5.74) is 2.19. The minimum absolute atomic E-state index is 0.183. The van der Waals surface area contributed by atoms with E-state index in [9.17, 15) is 4.79 Å². The van der Waals surface area contributed by atoms with Crippen LogP contribution in [0.5, 0.6) is 0 Å². The van der Waals surface area contributed by atoms with Gasteiger partial charge in [0.25, 0.3) is 0 Å². The monoisotopic (exact) mass is 300 g/mol. The van der Waals surface area contributed by atoms with Gasteiger partial charge in [-0.15, -0.1) is 0 Å². The van der Waals surface area contributed by atoms with Crippen LogP contribution in [0.4, 0.5) is 0 Å². The van der Waals surface area contributed by atoms with Crippen molar-refractivity contribution in [1.82, 2.24) is 10.2 Å². The van der Waals surface area contributed by atoms with Crippen molar-refractivity contribution in [2.45, 2.75) is 44.9 Å². The topological polar surface area (TPSA) is 66.0 Å². The van der Waals surface area contributed by atoms with E-state index in [0.717, 1.165) is 18.4 Å². The van der Waals surface area contributed by atoms with Crippen LogP contribution in [0.2, 0.25) is 0 Å². The molecular formula is C18H24N2O2. The number of carbonyl (C=O) groups is 1. The van der Waals surface area contributed by atoms with E-state index in [1.807, 2.05) is 30.6 Å². The Labute approximate surface area is 131 Å². The summed E-state index contributed by atoms with van der Waals surface area (Å²) in [6.07, 6.45) is 6.44. The molecule has 0 aliphatic carbocycles. The van der Waals surface area contributed by atoms with Gasteiger partial charge in [-0.25, -0.2) is 0 Å². The molecule has 0 spiro atoms. The van der Waals surface area contributed by atoms with Crippen LogP contribution < -0.4 is 0 Å².